The van der Waals surface area contributed by atoms with Crippen LogP contribution in [0.3, 0.4) is 0 Å². The molecule has 0 fully saturated rings. The smallest absolute Gasteiger partial charge is 0.165 e. The summed E-state index contributed by atoms with van der Waals surface area (Å²) in [6.45, 7) is 0. The minimum atomic E-state index is -2.25. The number of nitriles is 2. The van der Waals surface area contributed by atoms with Gasteiger partial charge < -0.3 is 0 Å². The molecule has 0 aliphatic rings. The highest BCUT2D eigenvalue weighted by Gasteiger charge is 2.44. The van der Waals surface area contributed by atoms with Crippen LogP contribution in [0.5, 0.6) is 0 Å². The average Bonchev–Trinajstić information content (AvgIpc) is 2.71. The van der Waals surface area contributed by atoms with Gasteiger partial charge in [0.05, 0.1) is 0 Å². The van der Waals surface area contributed by atoms with E-state index in [2.05, 4.69) is 36.4 Å². The fraction of sp³-hybridized carbons (Fsp3) is 0. The standard InChI is InChI=1S/C22H16N2P/c23-16-19(17-24)18-25(20-10-4-1-5-11-20,21-12-6-2-7-13-21)22-14-8-3-9-15-22/h1-15,18H/q+1. The molecule has 3 rings (SSSR count). The van der Waals surface area contributed by atoms with Crippen LogP contribution in [0.15, 0.2) is 102 Å². The molecule has 0 amide bonds. The minimum Gasteiger partial charge on any atom is -0.192 e. The SMILES string of the molecule is N#CC(C#N)=C[P+](c1ccccc1)(c1ccccc1)c1ccccc1. The van der Waals surface area contributed by atoms with E-state index in [0.29, 0.717) is 0 Å². The average molecular weight is 339 g/mol. The molecule has 25 heavy (non-hydrogen) atoms. The fourth-order valence-corrected chi connectivity index (χ4v) is 6.71. The first-order valence-corrected chi connectivity index (χ1v) is 9.75. The van der Waals surface area contributed by atoms with E-state index < -0.39 is 7.26 Å². The second-order valence-electron chi connectivity index (χ2n) is 5.50. The summed E-state index contributed by atoms with van der Waals surface area (Å²) in [5.41, 5.74) is 0.143. The van der Waals surface area contributed by atoms with Crippen molar-refractivity contribution in [2.24, 2.45) is 0 Å². The van der Waals surface area contributed by atoms with Gasteiger partial charge in [0, 0.05) is 0 Å². The summed E-state index contributed by atoms with van der Waals surface area (Å²) in [6, 6.07) is 34.5. The van der Waals surface area contributed by atoms with Gasteiger partial charge in [-0.3, -0.25) is 0 Å². The summed E-state index contributed by atoms with van der Waals surface area (Å²) in [5, 5.41) is 22.2. The molecule has 0 unspecified atom stereocenters. The lowest BCUT2D eigenvalue weighted by atomic mass is 10.3. The molecule has 3 heteroatoms. The van der Waals surface area contributed by atoms with Crippen LogP contribution in [0.4, 0.5) is 0 Å². The van der Waals surface area contributed by atoms with Crippen LogP contribution in [0.25, 0.3) is 0 Å². The zero-order valence-electron chi connectivity index (χ0n) is 13.6. The summed E-state index contributed by atoms with van der Waals surface area (Å²) in [5.74, 6) is 1.88. The fourth-order valence-electron chi connectivity index (χ4n) is 2.94. The monoisotopic (exact) mass is 339 g/mol. The molecule has 0 atom stereocenters. The molecule has 0 N–H and O–H groups in total. The van der Waals surface area contributed by atoms with Crippen molar-refractivity contribution in [3.63, 3.8) is 0 Å². The second kappa shape index (κ2) is 7.59. The van der Waals surface area contributed by atoms with Gasteiger partial charge in [-0.1, -0.05) is 54.6 Å². The van der Waals surface area contributed by atoms with E-state index in [1.807, 2.05) is 72.6 Å². The van der Waals surface area contributed by atoms with Crippen LogP contribution in [-0.4, -0.2) is 0 Å². The molecule has 118 valence electrons. The maximum atomic E-state index is 9.41. The Balaban J connectivity index is 2.43. The predicted octanol–water partition coefficient (Wildman–Crippen LogP) is 3.91. The molecule has 0 heterocycles. The normalized spacial score (nSPS) is 10.3. The summed E-state index contributed by atoms with van der Waals surface area (Å²) >= 11 is 0. The summed E-state index contributed by atoms with van der Waals surface area (Å²) in [6.07, 6.45) is 0. The summed E-state index contributed by atoms with van der Waals surface area (Å²) in [7, 11) is -2.25. The van der Waals surface area contributed by atoms with Crippen LogP contribution in [0.2, 0.25) is 0 Å². The Labute approximate surface area is 148 Å². The van der Waals surface area contributed by atoms with Gasteiger partial charge >= 0.3 is 0 Å². The molecule has 0 aromatic heterocycles. The number of hydrogen-bond donors (Lipinski definition) is 0. The van der Waals surface area contributed by atoms with Gasteiger partial charge in [-0.05, 0) is 36.4 Å². The molecule has 0 aliphatic heterocycles. The van der Waals surface area contributed by atoms with Crippen molar-refractivity contribution in [3.8, 4) is 12.1 Å². The van der Waals surface area contributed by atoms with Crippen molar-refractivity contribution in [3.05, 3.63) is 102 Å². The van der Waals surface area contributed by atoms with Crippen molar-refractivity contribution in [1.82, 2.24) is 0 Å². The highest BCUT2D eigenvalue weighted by atomic mass is 31.2. The Morgan fingerprint density at radius 1 is 0.600 bits per heavy atom. The van der Waals surface area contributed by atoms with Crippen LogP contribution >= 0.6 is 7.26 Å². The zero-order chi connectivity index (χ0) is 17.5. The summed E-state index contributed by atoms with van der Waals surface area (Å²) < 4.78 is 0. The highest BCUT2D eigenvalue weighted by Crippen LogP contribution is 2.57. The Hall–Kier alpha value is -3.19. The molecule has 0 saturated carbocycles. The van der Waals surface area contributed by atoms with Crippen molar-refractivity contribution in [2.45, 2.75) is 0 Å². The highest BCUT2D eigenvalue weighted by molar-refractivity contribution is 7.98. The maximum absolute atomic E-state index is 9.41. The first kappa shape index (κ1) is 16.7. The molecule has 3 aromatic carbocycles. The predicted molar refractivity (Wildman–Crippen MR) is 104 cm³/mol. The molecule has 0 bridgehead atoms. The lowest BCUT2D eigenvalue weighted by molar-refractivity contribution is 1.47. The van der Waals surface area contributed by atoms with Gasteiger partial charge in [0.25, 0.3) is 0 Å². The van der Waals surface area contributed by atoms with E-state index in [4.69, 9.17) is 0 Å². The first-order valence-electron chi connectivity index (χ1n) is 7.90. The number of hydrogen-bond acceptors (Lipinski definition) is 2. The quantitative estimate of drug-likeness (QED) is 0.534. The lowest BCUT2D eigenvalue weighted by Crippen LogP contribution is -2.29. The van der Waals surface area contributed by atoms with Crippen LogP contribution in [0, 0.1) is 22.7 Å². The molecular formula is C22H16N2P+. The zero-order valence-corrected chi connectivity index (χ0v) is 14.5. The van der Waals surface area contributed by atoms with E-state index in [-0.39, 0.29) is 5.57 Å². The topological polar surface area (TPSA) is 47.6 Å². The van der Waals surface area contributed by atoms with E-state index in [9.17, 15) is 10.5 Å². The van der Waals surface area contributed by atoms with E-state index >= 15 is 0 Å². The Bertz CT molecular complexity index is 837. The van der Waals surface area contributed by atoms with Crippen molar-refractivity contribution < 1.29 is 0 Å². The van der Waals surface area contributed by atoms with Gasteiger partial charge in [-0.15, -0.1) is 0 Å². The number of allylic oxidation sites excluding steroid dienone is 1. The third-order valence-corrected chi connectivity index (χ3v) is 8.04. The minimum absolute atomic E-state index is 0.143. The molecule has 3 aromatic rings. The lowest BCUT2D eigenvalue weighted by Gasteiger charge is -2.23. The largest absolute Gasteiger partial charge is 0.192 e. The van der Waals surface area contributed by atoms with E-state index in [0.717, 1.165) is 15.9 Å². The van der Waals surface area contributed by atoms with Crippen molar-refractivity contribution in [2.75, 3.05) is 0 Å². The van der Waals surface area contributed by atoms with Crippen molar-refractivity contribution in [1.29, 1.82) is 10.5 Å². The third kappa shape index (κ3) is 3.22. The molecule has 0 radical (unpaired) electrons. The van der Waals surface area contributed by atoms with Gasteiger partial charge in [0.2, 0.25) is 0 Å². The molecular weight excluding hydrogens is 323 g/mol. The molecule has 0 spiro atoms. The number of benzene rings is 3. The van der Waals surface area contributed by atoms with Gasteiger partial charge in [0.1, 0.15) is 41.1 Å². The van der Waals surface area contributed by atoms with E-state index in [1.54, 1.807) is 0 Å². The number of rotatable bonds is 4. The van der Waals surface area contributed by atoms with Crippen molar-refractivity contribution >= 4 is 23.2 Å². The number of nitrogens with zero attached hydrogens (tertiary/aromatic N) is 2. The Morgan fingerprint density at radius 3 is 1.20 bits per heavy atom. The van der Waals surface area contributed by atoms with Gasteiger partial charge in [-0.2, -0.15) is 10.5 Å². The van der Waals surface area contributed by atoms with Crippen LogP contribution in [0.1, 0.15) is 0 Å². The van der Waals surface area contributed by atoms with Gasteiger partial charge in [-0.25, -0.2) is 0 Å². The van der Waals surface area contributed by atoms with Crippen LogP contribution in [-0.2, 0) is 0 Å². The second-order valence-corrected chi connectivity index (χ2v) is 8.75. The van der Waals surface area contributed by atoms with Gasteiger partial charge in [0.15, 0.2) is 5.57 Å². The molecule has 2 nitrogen and oxygen atoms in total. The van der Waals surface area contributed by atoms with E-state index in [1.165, 1.54) is 0 Å². The third-order valence-electron chi connectivity index (χ3n) is 4.05. The Morgan fingerprint density at radius 2 is 0.920 bits per heavy atom. The first-order chi connectivity index (χ1) is 12.3. The Kier molecular flexibility index (Phi) is 5.06. The molecule has 0 saturated heterocycles. The van der Waals surface area contributed by atoms with Crippen LogP contribution < -0.4 is 15.9 Å². The maximum Gasteiger partial charge on any atom is 0.165 e. The molecule has 0 aliphatic carbocycles. The summed E-state index contributed by atoms with van der Waals surface area (Å²) in [4.78, 5) is 0.